The van der Waals surface area contributed by atoms with Crippen LogP contribution in [0.2, 0.25) is 5.02 Å². The van der Waals surface area contributed by atoms with E-state index in [0.717, 1.165) is 49.4 Å². The van der Waals surface area contributed by atoms with Crippen molar-refractivity contribution in [2.75, 3.05) is 33.4 Å². The third-order valence-electron chi connectivity index (χ3n) is 6.21. The van der Waals surface area contributed by atoms with E-state index in [1.807, 2.05) is 24.3 Å². The largest absolute Gasteiger partial charge is 0.384 e. The van der Waals surface area contributed by atoms with Gasteiger partial charge in [0.15, 0.2) is 0 Å². The molecular weight excluding hydrogens is 352 g/mol. The molecule has 5 nitrogen and oxygen atoms in total. The van der Waals surface area contributed by atoms with Crippen molar-refractivity contribution in [3.8, 4) is 0 Å². The summed E-state index contributed by atoms with van der Waals surface area (Å²) in [5.41, 5.74) is 0.869. The molecule has 1 amide bonds. The van der Waals surface area contributed by atoms with Crippen molar-refractivity contribution in [2.45, 2.75) is 43.9 Å². The van der Waals surface area contributed by atoms with Gasteiger partial charge in [0.2, 0.25) is 5.91 Å². The first-order valence-corrected chi connectivity index (χ1v) is 9.88. The predicted molar refractivity (Wildman–Crippen MR) is 100 cm³/mol. The van der Waals surface area contributed by atoms with Crippen LogP contribution in [0.3, 0.4) is 0 Å². The number of hydrogen-bond acceptors (Lipinski definition) is 4. The number of ether oxygens (including phenoxy) is 2. The molecule has 1 N–H and O–H groups in total. The maximum atomic E-state index is 12.8. The number of nitrogens with zero attached hydrogens (tertiary/aromatic N) is 1. The molecular formula is C20H27ClN2O3. The van der Waals surface area contributed by atoms with Gasteiger partial charge in [0, 0.05) is 37.3 Å². The summed E-state index contributed by atoms with van der Waals surface area (Å²) in [7, 11) is 1.68. The third-order valence-corrected chi connectivity index (χ3v) is 6.46. The Hall–Kier alpha value is -1.14. The van der Waals surface area contributed by atoms with Gasteiger partial charge < -0.3 is 14.8 Å². The second-order valence-electron chi connectivity index (χ2n) is 7.95. The highest BCUT2D eigenvalue weighted by molar-refractivity contribution is 6.30. The molecule has 3 atom stereocenters. The first-order chi connectivity index (χ1) is 12.6. The number of hydrogen-bond donors (Lipinski definition) is 1. The summed E-state index contributed by atoms with van der Waals surface area (Å²) in [6.45, 7) is 3.00. The molecule has 1 aromatic carbocycles. The molecule has 0 spiro atoms. The fourth-order valence-corrected chi connectivity index (χ4v) is 4.64. The van der Waals surface area contributed by atoms with Crippen LogP contribution < -0.4 is 5.32 Å². The van der Waals surface area contributed by atoms with Crippen LogP contribution in [0.4, 0.5) is 0 Å². The highest BCUT2D eigenvalue weighted by Gasteiger charge is 2.46. The zero-order valence-corrected chi connectivity index (χ0v) is 16.0. The van der Waals surface area contributed by atoms with E-state index in [2.05, 4.69) is 10.2 Å². The van der Waals surface area contributed by atoms with E-state index in [4.69, 9.17) is 21.1 Å². The lowest BCUT2D eigenvalue weighted by molar-refractivity contribution is -0.141. The van der Waals surface area contributed by atoms with E-state index in [-0.39, 0.29) is 23.5 Å². The van der Waals surface area contributed by atoms with E-state index in [1.165, 1.54) is 0 Å². The average molecular weight is 379 g/mol. The predicted octanol–water partition coefficient (Wildman–Crippen LogP) is 2.79. The van der Waals surface area contributed by atoms with Crippen molar-refractivity contribution < 1.29 is 14.3 Å². The summed E-state index contributed by atoms with van der Waals surface area (Å²) >= 11 is 5.98. The van der Waals surface area contributed by atoms with Crippen molar-refractivity contribution in [3.63, 3.8) is 0 Å². The van der Waals surface area contributed by atoms with Crippen molar-refractivity contribution in [2.24, 2.45) is 5.41 Å². The number of benzene rings is 1. The second kappa shape index (κ2) is 7.47. The molecule has 0 bridgehead atoms. The van der Waals surface area contributed by atoms with Crippen LogP contribution in [0.1, 0.15) is 37.4 Å². The quantitative estimate of drug-likeness (QED) is 0.856. The molecule has 6 heteroatoms. The number of morpholine rings is 1. The molecule has 3 aliphatic rings. The summed E-state index contributed by atoms with van der Waals surface area (Å²) < 4.78 is 11.4. The minimum atomic E-state index is -0.291. The summed E-state index contributed by atoms with van der Waals surface area (Å²) in [5, 5.41) is 4.03. The number of methoxy groups -OCH3 is 1. The van der Waals surface area contributed by atoms with Gasteiger partial charge in [0.25, 0.3) is 0 Å². The number of nitrogens with one attached hydrogen (secondary N) is 1. The maximum Gasteiger partial charge on any atom is 0.228 e. The summed E-state index contributed by atoms with van der Waals surface area (Å²) in [6, 6.07) is 8.49. The van der Waals surface area contributed by atoms with Crippen LogP contribution in [0.25, 0.3) is 0 Å². The Labute approximate surface area is 160 Å². The molecule has 0 radical (unpaired) electrons. The van der Waals surface area contributed by atoms with Gasteiger partial charge in [-0.1, -0.05) is 30.2 Å². The lowest BCUT2D eigenvalue weighted by Gasteiger charge is -2.40. The minimum absolute atomic E-state index is 0.0735. The Morgan fingerprint density at radius 1 is 1.35 bits per heavy atom. The SMILES string of the molecule is COCC1(C(=O)N[C@@H]2C[C@H]3CO[C@@H](c4ccc(Cl)cc4)CN3C2)CCC1. The highest BCUT2D eigenvalue weighted by atomic mass is 35.5. The van der Waals surface area contributed by atoms with Crippen molar-refractivity contribution in [3.05, 3.63) is 34.9 Å². The Morgan fingerprint density at radius 2 is 2.12 bits per heavy atom. The molecule has 2 aliphatic heterocycles. The molecule has 1 saturated carbocycles. The number of fused-ring (bicyclic) bond motifs is 1. The van der Waals surface area contributed by atoms with Crippen LogP contribution in [0.5, 0.6) is 0 Å². The van der Waals surface area contributed by atoms with E-state index < -0.39 is 0 Å². The van der Waals surface area contributed by atoms with Crippen LogP contribution in [0, 0.1) is 5.41 Å². The Morgan fingerprint density at radius 3 is 2.77 bits per heavy atom. The molecule has 1 aliphatic carbocycles. The fraction of sp³-hybridized carbons (Fsp3) is 0.650. The van der Waals surface area contributed by atoms with Crippen molar-refractivity contribution in [1.82, 2.24) is 10.2 Å². The first kappa shape index (κ1) is 18.2. The minimum Gasteiger partial charge on any atom is -0.384 e. The number of carbonyl (C=O) groups excluding carboxylic acids is 1. The smallest absolute Gasteiger partial charge is 0.228 e. The van der Waals surface area contributed by atoms with E-state index in [1.54, 1.807) is 7.11 Å². The fourth-order valence-electron chi connectivity index (χ4n) is 4.51. The molecule has 2 heterocycles. The van der Waals surface area contributed by atoms with Gasteiger partial charge in [-0.15, -0.1) is 0 Å². The van der Waals surface area contributed by atoms with Crippen LogP contribution >= 0.6 is 11.6 Å². The summed E-state index contributed by atoms with van der Waals surface area (Å²) in [6.07, 6.45) is 4.03. The van der Waals surface area contributed by atoms with Crippen molar-refractivity contribution >= 4 is 17.5 Å². The second-order valence-corrected chi connectivity index (χ2v) is 8.39. The van der Waals surface area contributed by atoms with Gasteiger partial charge in [-0.2, -0.15) is 0 Å². The zero-order chi connectivity index (χ0) is 18.1. The summed E-state index contributed by atoms with van der Waals surface area (Å²) in [4.78, 5) is 15.2. The monoisotopic (exact) mass is 378 g/mol. The van der Waals surface area contributed by atoms with Gasteiger partial charge in [-0.25, -0.2) is 0 Å². The van der Waals surface area contributed by atoms with Crippen LogP contribution in [-0.2, 0) is 14.3 Å². The summed E-state index contributed by atoms with van der Waals surface area (Å²) in [5.74, 6) is 0.172. The number of rotatable bonds is 5. The Bertz CT molecular complexity index is 647. The first-order valence-electron chi connectivity index (χ1n) is 9.51. The zero-order valence-electron chi connectivity index (χ0n) is 15.2. The lowest BCUT2D eigenvalue weighted by atomic mass is 9.68. The Balaban J connectivity index is 1.34. The molecule has 3 fully saturated rings. The third kappa shape index (κ3) is 3.50. The van der Waals surface area contributed by atoms with Gasteiger partial charge >= 0.3 is 0 Å². The lowest BCUT2D eigenvalue weighted by Crippen LogP contribution is -2.52. The van der Waals surface area contributed by atoms with Gasteiger partial charge in [0.05, 0.1) is 24.7 Å². The van der Waals surface area contributed by atoms with E-state index in [0.29, 0.717) is 19.3 Å². The molecule has 26 heavy (non-hydrogen) atoms. The van der Waals surface area contributed by atoms with Crippen LogP contribution in [-0.4, -0.2) is 56.3 Å². The van der Waals surface area contributed by atoms with Gasteiger partial charge in [0.1, 0.15) is 0 Å². The van der Waals surface area contributed by atoms with Gasteiger partial charge in [-0.05, 0) is 37.0 Å². The molecule has 4 rings (SSSR count). The maximum absolute atomic E-state index is 12.8. The molecule has 1 aromatic rings. The van der Waals surface area contributed by atoms with E-state index >= 15 is 0 Å². The van der Waals surface area contributed by atoms with Crippen LogP contribution in [0.15, 0.2) is 24.3 Å². The van der Waals surface area contributed by atoms with Crippen molar-refractivity contribution in [1.29, 1.82) is 0 Å². The van der Waals surface area contributed by atoms with Gasteiger partial charge in [-0.3, -0.25) is 9.69 Å². The number of carbonyl (C=O) groups is 1. The molecule has 0 unspecified atom stereocenters. The topological polar surface area (TPSA) is 50.8 Å². The van der Waals surface area contributed by atoms with E-state index in [9.17, 15) is 4.79 Å². The number of halogens is 1. The normalized spacial score (nSPS) is 30.5. The molecule has 2 saturated heterocycles. The number of amides is 1. The molecule has 0 aromatic heterocycles. The highest BCUT2D eigenvalue weighted by Crippen LogP contribution is 2.41. The molecule has 142 valence electrons. The average Bonchev–Trinajstić information content (AvgIpc) is 3.00. The standard InChI is InChI=1S/C20H27ClN2O3/c1-25-13-20(7-2-8-20)19(24)22-16-9-17-12-26-18(11-23(17)10-16)14-3-5-15(21)6-4-14/h3-6,16-18H,2,7-13H2,1H3,(H,22,24)/t16-,17+,18-/m1/s1. The Kier molecular flexibility index (Phi) is 5.24.